The van der Waals surface area contributed by atoms with Crippen molar-refractivity contribution in [1.29, 1.82) is 0 Å². The average Bonchev–Trinajstić information content (AvgIpc) is 3.10. The van der Waals surface area contributed by atoms with Crippen LogP contribution < -0.4 is 21.5 Å². The molecule has 2 rings (SSSR count). The first-order chi connectivity index (χ1) is 14.1. The summed E-state index contributed by atoms with van der Waals surface area (Å²) >= 11 is 1.53. The number of ether oxygens (including phenoxy) is 1. The lowest BCUT2D eigenvalue weighted by molar-refractivity contribution is -0.129. The molecule has 162 valence electrons. The van der Waals surface area contributed by atoms with Gasteiger partial charge in [0.1, 0.15) is 23.6 Å². The number of carbonyl (C=O) groups excluding carboxylic acids is 2. The van der Waals surface area contributed by atoms with E-state index in [2.05, 4.69) is 15.3 Å². The van der Waals surface area contributed by atoms with Crippen molar-refractivity contribution >= 4 is 34.6 Å². The molecule has 6 N–H and O–H groups in total. The normalized spacial score (nSPS) is 13.7. The third-order valence-electron chi connectivity index (χ3n) is 4.18. The highest BCUT2D eigenvalue weighted by atomic mass is 32.1. The molecule has 1 atom stereocenters. The van der Waals surface area contributed by atoms with E-state index in [1.165, 1.54) is 18.3 Å². The van der Waals surface area contributed by atoms with Gasteiger partial charge in [0.05, 0.1) is 16.5 Å². The minimum absolute atomic E-state index is 0.0162. The number of nitrogens with one attached hydrogen (secondary N) is 1. The molecular formula is C20H27N5O4S. The van der Waals surface area contributed by atoms with Crippen LogP contribution in [-0.4, -0.2) is 45.8 Å². The number of amides is 2. The van der Waals surface area contributed by atoms with Crippen molar-refractivity contribution in [2.75, 3.05) is 12.3 Å². The van der Waals surface area contributed by atoms with E-state index >= 15 is 0 Å². The summed E-state index contributed by atoms with van der Waals surface area (Å²) in [4.78, 5) is 34.1. The number of nitrogens with two attached hydrogens (primary N) is 2. The van der Waals surface area contributed by atoms with Crippen LogP contribution in [0.15, 0.2) is 29.4 Å². The lowest BCUT2D eigenvalue weighted by Crippen LogP contribution is -2.59. The van der Waals surface area contributed by atoms with Gasteiger partial charge in [0.25, 0.3) is 5.91 Å². The number of aliphatic hydroxyl groups excluding tert-OH is 1. The minimum Gasteiger partial charge on any atom is -0.488 e. The molecule has 0 saturated carbocycles. The number of rotatable bonds is 9. The predicted octanol–water partition coefficient (Wildman–Crippen LogP) is 1.16. The fraction of sp³-hybridized carbons (Fsp3) is 0.400. The van der Waals surface area contributed by atoms with Crippen molar-refractivity contribution in [3.05, 3.63) is 39.8 Å². The van der Waals surface area contributed by atoms with Gasteiger partial charge >= 0.3 is 0 Å². The Morgan fingerprint density at radius 2 is 2.10 bits per heavy atom. The van der Waals surface area contributed by atoms with Crippen molar-refractivity contribution in [3.8, 4) is 5.75 Å². The van der Waals surface area contributed by atoms with Gasteiger partial charge in [-0.2, -0.15) is 0 Å². The molecule has 0 radical (unpaired) electrons. The van der Waals surface area contributed by atoms with Gasteiger partial charge in [0.2, 0.25) is 5.91 Å². The molecule has 0 saturated heterocycles. The lowest BCUT2D eigenvalue weighted by Gasteiger charge is -2.25. The van der Waals surface area contributed by atoms with Crippen molar-refractivity contribution < 1.29 is 19.4 Å². The van der Waals surface area contributed by atoms with Gasteiger partial charge < -0.3 is 26.6 Å². The molecule has 0 spiro atoms. The molecule has 10 heteroatoms. The van der Waals surface area contributed by atoms with Crippen LogP contribution in [0.25, 0.3) is 0 Å². The number of nitrogen functional groups attached to an aromatic ring is 1. The lowest BCUT2D eigenvalue weighted by atomic mass is 10.0. The summed E-state index contributed by atoms with van der Waals surface area (Å²) in [5.41, 5.74) is 10.5. The van der Waals surface area contributed by atoms with Crippen LogP contribution in [0.1, 0.15) is 36.2 Å². The predicted molar refractivity (Wildman–Crippen MR) is 117 cm³/mol. The number of aryl methyl sites for hydroxylation is 1. The zero-order chi connectivity index (χ0) is 22.5. The summed E-state index contributed by atoms with van der Waals surface area (Å²) in [5.74, 6) is -1.05. The molecule has 0 bridgehead atoms. The Morgan fingerprint density at radius 1 is 1.40 bits per heavy atom. The third kappa shape index (κ3) is 5.77. The molecule has 30 heavy (non-hydrogen) atoms. The molecule has 0 aliphatic carbocycles. The maximum Gasteiger partial charge on any atom is 0.271 e. The van der Waals surface area contributed by atoms with Gasteiger partial charge in [-0.25, -0.2) is 4.98 Å². The van der Waals surface area contributed by atoms with Crippen LogP contribution in [-0.2, 0) is 16.2 Å². The zero-order valence-corrected chi connectivity index (χ0v) is 18.2. The second-order valence-corrected chi connectivity index (χ2v) is 8.58. The monoisotopic (exact) mass is 433 g/mol. The summed E-state index contributed by atoms with van der Waals surface area (Å²) in [7, 11) is 0. The van der Waals surface area contributed by atoms with E-state index in [-0.39, 0.29) is 11.8 Å². The number of primary amides is 1. The fourth-order valence-corrected chi connectivity index (χ4v) is 3.16. The second-order valence-electron chi connectivity index (χ2n) is 7.26. The van der Waals surface area contributed by atoms with Crippen LogP contribution in [0.3, 0.4) is 0 Å². The quantitative estimate of drug-likeness (QED) is 0.344. The summed E-state index contributed by atoms with van der Waals surface area (Å²) in [6, 6.07) is 4.69. The highest BCUT2D eigenvalue weighted by Gasteiger charge is 2.34. The molecule has 1 aromatic heterocycles. The molecule has 9 nitrogen and oxygen atoms in total. The first kappa shape index (κ1) is 23.3. The fourth-order valence-electron chi connectivity index (χ4n) is 2.45. The van der Waals surface area contributed by atoms with E-state index in [1.54, 1.807) is 38.2 Å². The number of carbonyl (C=O) groups is 2. The third-order valence-corrected chi connectivity index (χ3v) is 5.07. The molecule has 0 fully saturated rings. The SMILES string of the molecule is Cc1ncc(COc2ccc(N)c(C(=NC(C)C)C(=O)NC(C)(CO)C(N)=O)c2)s1. The standard InChI is InChI=1S/C20H27N5O4S/c1-11(2)24-17(18(27)25-20(4,10-26)19(22)28)15-7-13(5-6-16(15)21)29-9-14-8-23-12(3)30-14/h5-8,11,26H,9-10,21H2,1-4H3,(H2,22,28)(H,25,27). The average molecular weight is 434 g/mol. The second kappa shape index (κ2) is 9.68. The number of thiazole rings is 1. The molecule has 1 heterocycles. The molecule has 0 aliphatic rings. The summed E-state index contributed by atoms with van der Waals surface area (Å²) in [6.07, 6.45) is 1.75. The maximum absolute atomic E-state index is 12.9. The largest absolute Gasteiger partial charge is 0.488 e. The Morgan fingerprint density at radius 3 is 2.63 bits per heavy atom. The maximum atomic E-state index is 12.9. The van der Waals surface area contributed by atoms with E-state index in [1.807, 2.05) is 6.92 Å². The molecular weight excluding hydrogens is 406 g/mol. The van der Waals surface area contributed by atoms with E-state index in [0.717, 1.165) is 9.88 Å². The van der Waals surface area contributed by atoms with Crippen LogP contribution >= 0.6 is 11.3 Å². The number of hydrogen-bond donors (Lipinski definition) is 4. The first-order valence-corrected chi connectivity index (χ1v) is 10.1. The Kier molecular flexibility index (Phi) is 7.52. The highest BCUT2D eigenvalue weighted by Crippen LogP contribution is 2.23. The zero-order valence-electron chi connectivity index (χ0n) is 17.4. The smallest absolute Gasteiger partial charge is 0.271 e. The van der Waals surface area contributed by atoms with Crippen LogP contribution in [0.5, 0.6) is 5.75 Å². The minimum atomic E-state index is -1.64. The number of anilines is 1. The number of aromatic nitrogens is 1. The molecule has 2 aromatic rings. The van der Waals surface area contributed by atoms with Crippen LogP contribution in [0.2, 0.25) is 0 Å². The van der Waals surface area contributed by atoms with E-state index in [0.29, 0.717) is 23.6 Å². The Bertz CT molecular complexity index is 956. The Labute approximate surface area is 179 Å². The van der Waals surface area contributed by atoms with Crippen LogP contribution in [0, 0.1) is 6.92 Å². The van der Waals surface area contributed by atoms with Gasteiger partial charge in [-0.05, 0) is 45.9 Å². The number of aliphatic hydroxyl groups is 1. The number of aliphatic imine (C=N–C) groups is 1. The molecule has 0 aliphatic heterocycles. The Hall–Kier alpha value is -2.98. The van der Waals surface area contributed by atoms with Crippen molar-refractivity contribution in [1.82, 2.24) is 10.3 Å². The van der Waals surface area contributed by atoms with Crippen molar-refractivity contribution in [2.45, 2.75) is 45.9 Å². The van der Waals surface area contributed by atoms with Gasteiger partial charge in [0.15, 0.2) is 0 Å². The summed E-state index contributed by atoms with van der Waals surface area (Å²) in [6.45, 7) is 6.51. The first-order valence-electron chi connectivity index (χ1n) is 9.31. The number of hydrogen-bond acceptors (Lipinski definition) is 8. The van der Waals surface area contributed by atoms with Crippen molar-refractivity contribution in [3.63, 3.8) is 0 Å². The topological polar surface area (TPSA) is 153 Å². The van der Waals surface area contributed by atoms with Gasteiger partial charge in [-0.1, -0.05) is 0 Å². The van der Waals surface area contributed by atoms with E-state index < -0.39 is 24.0 Å². The van der Waals surface area contributed by atoms with E-state index in [9.17, 15) is 14.7 Å². The molecule has 1 aromatic carbocycles. The van der Waals surface area contributed by atoms with Crippen LogP contribution in [0.4, 0.5) is 5.69 Å². The van der Waals surface area contributed by atoms with Gasteiger partial charge in [-0.15, -0.1) is 11.3 Å². The summed E-state index contributed by atoms with van der Waals surface area (Å²) in [5, 5.41) is 12.9. The summed E-state index contributed by atoms with van der Waals surface area (Å²) < 4.78 is 5.81. The van der Waals surface area contributed by atoms with Crippen molar-refractivity contribution in [2.24, 2.45) is 10.7 Å². The molecule has 2 amide bonds. The van der Waals surface area contributed by atoms with Gasteiger partial charge in [-0.3, -0.25) is 14.6 Å². The number of nitrogens with zero attached hydrogens (tertiary/aromatic N) is 2. The van der Waals surface area contributed by atoms with E-state index in [4.69, 9.17) is 16.2 Å². The number of benzene rings is 1. The Balaban J connectivity index is 2.34. The highest BCUT2D eigenvalue weighted by molar-refractivity contribution is 7.11. The van der Waals surface area contributed by atoms with Gasteiger partial charge in [0, 0.05) is 23.5 Å². The molecule has 1 unspecified atom stereocenters.